The molecule has 0 aliphatic carbocycles. The van der Waals surface area contributed by atoms with Crippen molar-refractivity contribution in [3.8, 4) is 0 Å². The summed E-state index contributed by atoms with van der Waals surface area (Å²) in [5.41, 5.74) is 3.45. The molecule has 0 spiro atoms. The highest BCUT2D eigenvalue weighted by molar-refractivity contribution is 7.98. The molecule has 0 atom stereocenters. The third kappa shape index (κ3) is 3.06. The number of nitrogens with zero attached hydrogens (tertiary/aromatic N) is 1. The summed E-state index contributed by atoms with van der Waals surface area (Å²) in [6.45, 7) is 2.72. The monoisotopic (exact) mass is 264 g/mol. The van der Waals surface area contributed by atoms with Gasteiger partial charge in [-0.1, -0.05) is 6.07 Å². The van der Waals surface area contributed by atoms with Crippen molar-refractivity contribution < 1.29 is 4.79 Å². The lowest BCUT2D eigenvalue weighted by atomic mass is 9.98. The number of thioether (sulfide) groups is 1. The lowest BCUT2D eigenvalue weighted by Crippen LogP contribution is -2.29. The molecule has 0 aromatic heterocycles. The van der Waals surface area contributed by atoms with Crippen LogP contribution in [0.15, 0.2) is 18.2 Å². The van der Waals surface area contributed by atoms with Gasteiger partial charge in [0.1, 0.15) is 0 Å². The highest BCUT2D eigenvalue weighted by atomic mass is 32.2. The summed E-state index contributed by atoms with van der Waals surface area (Å²) in [6.07, 6.45) is 3.12. The summed E-state index contributed by atoms with van der Waals surface area (Å²) in [5.74, 6) is 1.10. The van der Waals surface area contributed by atoms with Crippen LogP contribution in [-0.2, 0) is 13.0 Å². The van der Waals surface area contributed by atoms with Gasteiger partial charge in [-0.15, -0.1) is 0 Å². The Morgan fingerprint density at radius 1 is 1.44 bits per heavy atom. The molecular formula is C14H20N2OS. The Labute approximate surface area is 113 Å². The first-order valence-electron chi connectivity index (χ1n) is 6.29. The molecule has 98 valence electrons. The Balaban J connectivity index is 2.10. The van der Waals surface area contributed by atoms with Crippen LogP contribution in [0.25, 0.3) is 0 Å². The molecule has 3 nitrogen and oxygen atoms in total. The van der Waals surface area contributed by atoms with Crippen molar-refractivity contribution in [1.29, 1.82) is 0 Å². The van der Waals surface area contributed by atoms with Crippen LogP contribution in [0.2, 0.25) is 0 Å². The predicted molar refractivity (Wildman–Crippen MR) is 77.2 cm³/mol. The Bertz CT molecular complexity index is 434. The number of nitrogens with one attached hydrogen (secondary N) is 1. The second-order valence-electron chi connectivity index (χ2n) is 4.63. The molecule has 2 rings (SSSR count). The van der Waals surface area contributed by atoms with E-state index in [-0.39, 0.29) is 5.91 Å². The number of benzene rings is 1. The van der Waals surface area contributed by atoms with Crippen LogP contribution in [0.3, 0.4) is 0 Å². The SMILES string of the molecule is CSCCN(C)C(=O)c1ccc2c(c1)CNCC2. The van der Waals surface area contributed by atoms with Gasteiger partial charge < -0.3 is 10.2 Å². The maximum atomic E-state index is 12.2. The highest BCUT2D eigenvalue weighted by Gasteiger charge is 2.15. The third-order valence-electron chi connectivity index (χ3n) is 3.32. The van der Waals surface area contributed by atoms with E-state index in [2.05, 4.69) is 17.6 Å². The fourth-order valence-electron chi connectivity index (χ4n) is 2.16. The van der Waals surface area contributed by atoms with Crippen molar-refractivity contribution in [2.75, 3.05) is 32.1 Å². The van der Waals surface area contributed by atoms with Gasteiger partial charge in [-0.3, -0.25) is 4.79 Å². The Morgan fingerprint density at radius 2 is 2.28 bits per heavy atom. The zero-order valence-corrected chi connectivity index (χ0v) is 11.8. The Hall–Kier alpha value is -1.00. The third-order valence-corrected chi connectivity index (χ3v) is 3.91. The minimum Gasteiger partial charge on any atom is -0.341 e. The van der Waals surface area contributed by atoms with E-state index >= 15 is 0 Å². The van der Waals surface area contributed by atoms with Gasteiger partial charge >= 0.3 is 0 Å². The molecule has 1 aromatic rings. The topological polar surface area (TPSA) is 32.3 Å². The average Bonchev–Trinajstić information content (AvgIpc) is 2.43. The van der Waals surface area contributed by atoms with Gasteiger partial charge in [-0.25, -0.2) is 0 Å². The normalized spacial score (nSPS) is 14.1. The van der Waals surface area contributed by atoms with E-state index in [1.54, 1.807) is 16.7 Å². The average molecular weight is 264 g/mol. The first-order chi connectivity index (χ1) is 8.72. The van der Waals surface area contributed by atoms with E-state index in [1.807, 2.05) is 19.2 Å². The summed E-state index contributed by atoms with van der Waals surface area (Å²) in [5, 5.41) is 3.34. The Morgan fingerprint density at radius 3 is 3.06 bits per heavy atom. The van der Waals surface area contributed by atoms with Gasteiger partial charge in [0, 0.05) is 31.5 Å². The molecule has 1 aliphatic heterocycles. The second kappa shape index (κ2) is 6.25. The van der Waals surface area contributed by atoms with Crippen LogP contribution < -0.4 is 5.32 Å². The van der Waals surface area contributed by atoms with Crippen LogP contribution in [0.4, 0.5) is 0 Å². The number of carbonyl (C=O) groups is 1. The van der Waals surface area contributed by atoms with Crippen LogP contribution >= 0.6 is 11.8 Å². The lowest BCUT2D eigenvalue weighted by Gasteiger charge is -2.20. The number of amides is 1. The minimum absolute atomic E-state index is 0.123. The van der Waals surface area contributed by atoms with Gasteiger partial charge in [-0.05, 0) is 42.5 Å². The molecule has 1 aliphatic rings. The van der Waals surface area contributed by atoms with Crippen LogP contribution in [-0.4, -0.2) is 43.0 Å². The molecule has 1 N–H and O–H groups in total. The van der Waals surface area contributed by atoms with E-state index in [0.717, 1.165) is 37.4 Å². The van der Waals surface area contributed by atoms with Crippen LogP contribution in [0, 0.1) is 0 Å². The molecule has 4 heteroatoms. The lowest BCUT2D eigenvalue weighted by molar-refractivity contribution is 0.0803. The van der Waals surface area contributed by atoms with Crippen molar-refractivity contribution in [3.63, 3.8) is 0 Å². The van der Waals surface area contributed by atoms with E-state index in [0.29, 0.717) is 0 Å². The number of hydrogen-bond donors (Lipinski definition) is 1. The maximum Gasteiger partial charge on any atom is 0.253 e. The molecule has 18 heavy (non-hydrogen) atoms. The maximum absolute atomic E-state index is 12.2. The van der Waals surface area contributed by atoms with Crippen molar-refractivity contribution in [1.82, 2.24) is 10.2 Å². The second-order valence-corrected chi connectivity index (χ2v) is 5.62. The zero-order valence-electron chi connectivity index (χ0n) is 11.0. The Kier molecular flexibility index (Phi) is 4.66. The molecule has 1 aromatic carbocycles. The number of hydrogen-bond acceptors (Lipinski definition) is 3. The first-order valence-corrected chi connectivity index (χ1v) is 7.68. The van der Waals surface area contributed by atoms with E-state index in [1.165, 1.54) is 11.1 Å². The van der Waals surface area contributed by atoms with Crippen LogP contribution in [0.5, 0.6) is 0 Å². The molecule has 0 saturated heterocycles. The van der Waals surface area contributed by atoms with Crippen molar-refractivity contribution in [2.24, 2.45) is 0 Å². The zero-order chi connectivity index (χ0) is 13.0. The van der Waals surface area contributed by atoms with Gasteiger partial charge in [0.2, 0.25) is 0 Å². The fraction of sp³-hybridized carbons (Fsp3) is 0.500. The molecular weight excluding hydrogens is 244 g/mol. The smallest absolute Gasteiger partial charge is 0.253 e. The molecule has 0 saturated carbocycles. The van der Waals surface area contributed by atoms with Crippen molar-refractivity contribution in [3.05, 3.63) is 34.9 Å². The van der Waals surface area contributed by atoms with Gasteiger partial charge in [0.15, 0.2) is 0 Å². The summed E-state index contributed by atoms with van der Waals surface area (Å²) >= 11 is 1.76. The van der Waals surface area contributed by atoms with E-state index in [4.69, 9.17) is 0 Å². The summed E-state index contributed by atoms with van der Waals surface area (Å²) in [4.78, 5) is 14.0. The molecule has 0 bridgehead atoms. The van der Waals surface area contributed by atoms with Gasteiger partial charge in [0.05, 0.1) is 0 Å². The summed E-state index contributed by atoms with van der Waals surface area (Å²) in [6, 6.07) is 6.10. The summed E-state index contributed by atoms with van der Waals surface area (Å²) in [7, 11) is 1.87. The predicted octanol–water partition coefficient (Wildman–Crippen LogP) is 1.77. The largest absolute Gasteiger partial charge is 0.341 e. The minimum atomic E-state index is 0.123. The fourth-order valence-corrected chi connectivity index (χ4v) is 2.62. The molecule has 0 fully saturated rings. The first kappa shape index (κ1) is 13.4. The van der Waals surface area contributed by atoms with Crippen molar-refractivity contribution in [2.45, 2.75) is 13.0 Å². The van der Waals surface area contributed by atoms with E-state index in [9.17, 15) is 4.79 Å². The molecule has 0 unspecified atom stereocenters. The van der Waals surface area contributed by atoms with Crippen LogP contribution in [0.1, 0.15) is 21.5 Å². The standard InChI is InChI=1S/C14H20N2OS/c1-16(7-8-18-2)14(17)12-4-3-11-5-6-15-10-13(11)9-12/h3-4,9,15H,5-8,10H2,1-2H3. The van der Waals surface area contributed by atoms with E-state index < -0.39 is 0 Å². The molecule has 1 heterocycles. The number of carbonyl (C=O) groups excluding carboxylic acids is 1. The van der Waals surface area contributed by atoms with Gasteiger partial charge in [-0.2, -0.15) is 11.8 Å². The number of rotatable bonds is 4. The molecule has 0 radical (unpaired) electrons. The molecule has 1 amide bonds. The number of fused-ring (bicyclic) bond motifs is 1. The summed E-state index contributed by atoms with van der Waals surface area (Å²) < 4.78 is 0. The van der Waals surface area contributed by atoms with Crippen molar-refractivity contribution >= 4 is 17.7 Å². The van der Waals surface area contributed by atoms with Gasteiger partial charge in [0.25, 0.3) is 5.91 Å². The highest BCUT2D eigenvalue weighted by Crippen LogP contribution is 2.16. The quantitative estimate of drug-likeness (QED) is 0.899.